The van der Waals surface area contributed by atoms with Crippen LogP contribution in [0.1, 0.15) is 18.0 Å². The van der Waals surface area contributed by atoms with Gasteiger partial charge in [0, 0.05) is 23.5 Å². The predicted molar refractivity (Wildman–Crippen MR) is 67.7 cm³/mol. The first-order valence-corrected chi connectivity index (χ1v) is 6.11. The molecule has 1 N–H and O–H groups in total. The van der Waals surface area contributed by atoms with Gasteiger partial charge < -0.3 is 10.0 Å². The number of hydrogen-bond donors (Lipinski definition) is 1. The summed E-state index contributed by atoms with van der Waals surface area (Å²) in [6.45, 7) is 0. The molecule has 0 saturated carbocycles. The zero-order valence-electron chi connectivity index (χ0n) is 9.56. The minimum Gasteiger partial charge on any atom is -0.481 e. The van der Waals surface area contributed by atoms with Crippen molar-refractivity contribution in [2.45, 2.75) is 12.5 Å². The molecule has 1 aliphatic rings. The minimum atomic E-state index is -0.997. The molecule has 1 aliphatic heterocycles. The number of halogens is 2. The third-order valence-corrected chi connectivity index (χ3v) is 3.75. The second-order valence-corrected chi connectivity index (χ2v) is 5.11. The van der Waals surface area contributed by atoms with Crippen LogP contribution in [0.3, 0.4) is 0 Å². The number of carbonyl (C=O) groups is 2. The Hall–Kier alpha value is -1.26. The molecule has 2 atom stereocenters. The highest BCUT2D eigenvalue weighted by molar-refractivity contribution is 6.35. The van der Waals surface area contributed by atoms with E-state index in [0.717, 1.165) is 0 Å². The van der Waals surface area contributed by atoms with Crippen molar-refractivity contribution in [3.8, 4) is 0 Å². The maximum absolute atomic E-state index is 11.6. The lowest BCUT2D eigenvalue weighted by Crippen LogP contribution is -2.27. The quantitative estimate of drug-likeness (QED) is 0.910. The van der Waals surface area contributed by atoms with Gasteiger partial charge >= 0.3 is 5.97 Å². The Morgan fingerprint density at radius 1 is 1.44 bits per heavy atom. The summed E-state index contributed by atoms with van der Waals surface area (Å²) in [5, 5.41) is 10.0. The van der Waals surface area contributed by atoms with Crippen LogP contribution in [0.5, 0.6) is 0 Å². The predicted octanol–water partition coefficient (Wildman–Crippen LogP) is 2.60. The molecule has 1 aromatic carbocycles. The summed E-state index contributed by atoms with van der Waals surface area (Å²) >= 11 is 11.9. The van der Waals surface area contributed by atoms with Crippen LogP contribution in [0.2, 0.25) is 10.0 Å². The van der Waals surface area contributed by atoms with Crippen LogP contribution in [-0.4, -0.2) is 28.9 Å². The van der Waals surface area contributed by atoms with E-state index in [-0.39, 0.29) is 12.3 Å². The molecule has 0 aliphatic carbocycles. The van der Waals surface area contributed by atoms with E-state index in [1.807, 2.05) is 0 Å². The molecule has 1 saturated heterocycles. The molecule has 0 aromatic heterocycles. The second kappa shape index (κ2) is 4.78. The molecule has 1 heterocycles. The Morgan fingerprint density at radius 2 is 2.11 bits per heavy atom. The molecule has 1 amide bonds. The van der Waals surface area contributed by atoms with Gasteiger partial charge in [-0.25, -0.2) is 0 Å². The maximum atomic E-state index is 11.6. The Labute approximate surface area is 114 Å². The van der Waals surface area contributed by atoms with Gasteiger partial charge in [0.1, 0.15) is 0 Å². The van der Waals surface area contributed by atoms with E-state index in [2.05, 4.69) is 0 Å². The Morgan fingerprint density at radius 3 is 2.67 bits per heavy atom. The molecule has 96 valence electrons. The highest BCUT2D eigenvalue weighted by atomic mass is 35.5. The van der Waals surface area contributed by atoms with E-state index >= 15 is 0 Å². The molecular formula is C12H11Cl2NO3. The van der Waals surface area contributed by atoms with E-state index in [1.165, 1.54) is 4.90 Å². The SMILES string of the molecule is CN1C(=O)CC(C(=O)O)C1c1ccc(Cl)cc1Cl. The highest BCUT2D eigenvalue weighted by Crippen LogP contribution is 2.40. The average Bonchev–Trinajstić information content (AvgIpc) is 2.57. The number of carboxylic acid groups (broad SMARTS) is 1. The van der Waals surface area contributed by atoms with E-state index in [9.17, 15) is 14.7 Å². The summed E-state index contributed by atoms with van der Waals surface area (Å²) in [6, 6.07) is 4.31. The van der Waals surface area contributed by atoms with Crippen LogP contribution < -0.4 is 0 Å². The van der Waals surface area contributed by atoms with Crippen molar-refractivity contribution < 1.29 is 14.7 Å². The lowest BCUT2D eigenvalue weighted by Gasteiger charge is -2.24. The van der Waals surface area contributed by atoms with Gasteiger partial charge in [0.15, 0.2) is 0 Å². The number of benzene rings is 1. The fraction of sp³-hybridized carbons (Fsp3) is 0.333. The molecule has 1 aromatic rings. The van der Waals surface area contributed by atoms with Gasteiger partial charge in [0.25, 0.3) is 0 Å². The molecule has 2 rings (SSSR count). The lowest BCUT2D eigenvalue weighted by molar-refractivity contribution is -0.142. The summed E-state index contributed by atoms with van der Waals surface area (Å²) in [4.78, 5) is 24.3. The second-order valence-electron chi connectivity index (χ2n) is 4.26. The number of carboxylic acids is 1. The monoisotopic (exact) mass is 287 g/mol. The van der Waals surface area contributed by atoms with Crippen LogP contribution in [0.15, 0.2) is 18.2 Å². The molecule has 2 unspecified atom stereocenters. The number of rotatable bonds is 2. The average molecular weight is 288 g/mol. The summed E-state index contributed by atoms with van der Waals surface area (Å²) < 4.78 is 0. The van der Waals surface area contributed by atoms with Crippen molar-refractivity contribution in [2.75, 3.05) is 7.05 Å². The molecule has 0 spiro atoms. The Kier molecular flexibility index (Phi) is 3.50. The normalized spacial score (nSPS) is 23.5. The van der Waals surface area contributed by atoms with Crippen LogP contribution in [0.25, 0.3) is 0 Å². The van der Waals surface area contributed by atoms with Gasteiger partial charge in [-0.3, -0.25) is 9.59 Å². The third-order valence-electron chi connectivity index (χ3n) is 3.18. The number of carbonyl (C=O) groups excluding carboxylic acids is 1. The first-order chi connectivity index (χ1) is 8.41. The van der Waals surface area contributed by atoms with Crippen LogP contribution >= 0.6 is 23.2 Å². The topological polar surface area (TPSA) is 57.6 Å². The minimum absolute atomic E-state index is 0.00451. The zero-order chi connectivity index (χ0) is 13.4. The highest BCUT2D eigenvalue weighted by Gasteiger charge is 2.43. The summed E-state index contributed by atoms with van der Waals surface area (Å²) in [6.07, 6.45) is -0.00451. The smallest absolute Gasteiger partial charge is 0.309 e. The molecular weight excluding hydrogens is 277 g/mol. The number of nitrogens with zero attached hydrogens (tertiary/aromatic N) is 1. The van der Waals surface area contributed by atoms with Gasteiger partial charge in [-0.15, -0.1) is 0 Å². The van der Waals surface area contributed by atoms with Gasteiger partial charge in [0.2, 0.25) is 5.91 Å². The number of aliphatic carboxylic acids is 1. The molecule has 18 heavy (non-hydrogen) atoms. The molecule has 0 radical (unpaired) electrons. The fourth-order valence-corrected chi connectivity index (χ4v) is 2.78. The first-order valence-electron chi connectivity index (χ1n) is 5.35. The van der Waals surface area contributed by atoms with Gasteiger partial charge in [-0.2, -0.15) is 0 Å². The molecule has 0 bridgehead atoms. The van der Waals surface area contributed by atoms with E-state index < -0.39 is 17.9 Å². The summed E-state index contributed by atoms with van der Waals surface area (Å²) in [7, 11) is 1.58. The summed E-state index contributed by atoms with van der Waals surface area (Å²) in [5.41, 5.74) is 0.613. The van der Waals surface area contributed by atoms with Crippen molar-refractivity contribution in [3.05, 3.63) is 33.8 Å². The van der Waals surface area contributed by atoms with Crippen molar-refractivity contribution in [1.29, 1.82) is 0 Å². The third kappa shape index (κ3) is 2.18. The van der Waals surface area contributed by atoms with E-state index in [1.54, 1.807) is 25.2 Å². The number of amides is 1. The van der Waals surface area contributed by atoms with Gasteiger partial charge in [-0.1, -0.05) is 29.3 Å². The van der Waals surface area contributed by atoms with Crippen molar-refractivity contribution in [2.24, 2.45) is 5.92 Å². The fourth-order valence-electron chi connectivity index (χ4n) is 2.26. The van der Waals surface area contributed by atoms with Gasteiger partial charge in [0.05, 0.1) is 12.0 Å². The van der Waals surface area contributed by atoms with Crippen LogP contribution in [0.4, 0.5) is 0 Å². The summed E-state index contributed by atoms with van der Waals surface area (Å²) in [5.74, 6) is -1.97. The van der Waals surface area contributed by atoms with Crippen LogP contribution in [0, 0.1) is 5.92 Å². The standard InChI is InChI=1S/C12H11Cl2NO3/c1-15-10(16)5-8(12(17)18)11(15)7-3-2-6(13)4-9(7)14/h2-4,8,11H,5H2,1H3,(H,17,18). The van der Waals surface area contributed by atoms with Crippen molar-refractivity contribution in [1.82, 2.24) is 4.90 Å². The number of likely N-dealkylation sites (tertiary alicyclic amines) is 1. The largest absolute Gasteiger partial charge is 0.481 e. The number of hydrogen-bond acceptors (Lipinski definition) is 2. The van der Waals surface area contributed by atoms with Crippen LogP contribution in [-0.2, 0) is 9.59 Å². The Balaban J connectivity index is 2.46. The van der Waals surface area contributed by atoms with Crippen molar-refractivity contribution in [3.63, 3.8) is 0 Å². The van der Waals surface area contributed by atoms with Gasteiger partial charge in [-0.05, 0) is 17.7 Å². The molecule has 4 nitrogen and oxygen atoms in total. The molecule has 1 fully saturated rings. The van der Waals surface area contributed by atoms with Crippen molar-refractivity contribution >= 4 is 35.1 Å². The van der Waals surface area contributed by atoms with E-state index in [4.69, 9.17) is 23.2 Å². The molecule has 6 heteroatoms. The maximum Gasteiger partial charge on any atom is 0.309 e. The van der Waals surface area contributed by atoms with E-state index in [0.29, 0.717) is 15.6 Å². The first kappa shape index (κ1) is 13.2. The lowest BCUT2D eigenvalue weighted by atomic mass is 9.94. The Bertz CT molecular complexity index is 518. The zero-order valence-corrected chi connectivity index (χ0v) is 11.1.